The summed E-state index contributed by atoms with van der Waals surface area (Å²) in [6, 6.07) is 10.6. The first-order chi connectivity index (χ1) is 25.6. The van der Waals surface area contributed by atoms with Crippen LogP contribution in [-0.2, 0) is 16.0 Å². The van der Waals surface area contributed by atoms with Crippen LogP contribution in [0.2, 0.25) is 10.0 Å². The zero-order valence-corrected chi connectivity index (χ0v) is 32.9. The van der Waals surface area contributed by atoms with Crippen LogP contribution in [0.25, 0.3) is 32.9 Å². The minimum atomic E-state index is -1.82. The predicted octanol–water partition coefficient (Wildman–Crippen LogP) is 9.68. The summed E-state index contributed by atoms with van der Waals surface area (Å²) in [6.07, 6.45) is 3.20. The van der Waals surface area contributed by atoms with Gasteiger partial charge in [-0.05, 0) is 93.7 Å². The lowest BCUT2D eigenvalue weighted by molar-refractivity contribution is -0.139. The lowest BCUT2D eigenvalue weighted by Gasteiger charge is -2.40. The third kappa shape index (κ3) is 4.56. The van der Waals surface area contributed by atoms with Crippen LogP contribution in [0.15, 0.2) is 35.4 Å². The second kappa shape index (κ2) is 11.3. The van der Waals surface area contributed by atoms with Gasteiger partial charge >= 0.3 is 6.09 Å². The highest BCUT2D eigenvalue weighted by Crippen LogP contribution is 2.91. The summed E-state index contributed by atoms with van der Waals surface area (Å²) < 4.78 is 41.3. The highest BCUT2D eigenvalue weighted by molar-refractivity contribution is 7.98. The molecule has 8 aliphatic rings. The van der Waals surface area contributed by atoms with E-state index in [0.717, 1.165) is 23.0 Å². The summed E-state index contributed by atoms with van der Waals surface area (Å²) in [4.78, 5) is 36.2. The van der Waals surface area contributed by atoms with Gasteiger partial charge in [-0.25, -0.2) is 18.6 Å². The van der Waals surface area contributed by atoms with Crippen LogP contribution < -0.4 is 0 Å². The van der Waals surface area contributed by atoms with Crippen LogP contribution in [0, 0.1) is 40.3 Å². The normalized spacial score (nSPS) is 30.7. The van der Waals surface area contributed by atoms with Crippen LogP contribution in [0.3, 0.4) is 0 Å². The number of alkyl halides is 1. The Hall–Kier alpha value is -3.59. The van der Waals surface area contributed by atoms with Crippen molar-refractivity contribution in [1.82, 2.24) is 19.4 Å². The van der Waals surface area contributed by atoms with Crippen molar-refractivity contribution in [3.05, 3.63) is 57.5 Å². The molecule has 2 aromatic heterocycles. The molecule has 0 N–H and O–H groups in total. The number of rotatable bonds is 7. The van der Waals surface area contributed by atoms with Crippen molar-refractivity contribution in [2.45, 2.75) is 100 Å². The average Bonchev–Trinajstić information content (AvgIpc) is 3.81. The number of carbonyl (C=O) groups is 2. The molecule has 4 bridgehead atoms. The summed E-state index contributed by atoms with van der Waals surface area (Å²) in [5, 5.41) is 12.2. The van der Waals surface area contributed by atoms with Crippen molar-refractivity contribution in [3.8, 4) is 17.2 Å². The van der Waals surface area contributed by atoms with Crippen LogP contribution in [-0.4, -0.2) is 67.5 Å². The number of nitriles is 1. The van der Waals surface area contributed by atoms with E-state index in [-0.39, 0.29) is 94.3 Å². The molecule has 6 heterocycles. The van der Waals surface area contributed by atoms with Crippen LogP contribution in [0.5, 0.6) is 0 Å². The molecule has 12 rings (SSSR count). The van der Waals surface area contributed by atoms with Crippen LogP contribution in [0.4, 0.5) is 13.6 Å². The fraction of sp³-hybridized carbons (Fsp3) is 0.512. The largest absolute Gasteiger partial charge is 0.444 e. The Morgan fingerprint density at radius 1 is 1.17 bits per heavy atom. The second-order valence-electron chi connectivity index (χ2n) is 17.4. The minimum Gasteiger partial charge on any atom is -0.444 e. The van der Waals surface area contributed by atoms with Gasteiger partial charge in [-0.15, -0.1) is 11.8 Å². The summed E-state index contributed by atoms with van der Waals surface area (Å²) in [5.74, 6) is -0.381. The number of amides is 2. The number of benzene rings is 2. The number of ether oxygens (including phenoxy) is 1. The first-order valence-corrected chi connectivity index (χ1v) is 20.7. The molecule has 280 valence electrons. The van der Waals surface area contributed by atoms with E-state index in [0.29, 0.717) is 34.0 Å². The molecule has 13 heteroatoms. The number of hydrogen-bond acceptors (Lipinski definition) is 6. The summed E-state index contributed by atoms with van der Waals surface area (Å²) in [5.41, 5.74) is 0.543. The van der Waals surface area contributed by atoms with Crippen LogP contribution >= 0.6 is 35.0 Å². The van der Waals surface area contributed by atoms with Gasteiger partial charge in [-0.1, -0.05) is 42.3 Å². The fourth-order valence-corrected chi connectivity index (χ4v) is 11.6. The number of carbonyl (C=O) groups excluding carboxylic acids is 2. The van der Waals surface area contributed by atoms with E-state index in [4.69, 9.17) is 32.9 Å². The molecule has 0 radical (unpaired) electrons. The molecule has 4 aliphatic carbocycles. The molecule has 2 aromatic carbocycles. The number of piperidine rings is 1. The van der Waals surface area contributed by atoms with Gasteiger partial charge in [0.25, 0.3) is 5.91 Å². The van der Waals surface area contributed by atoms with E-state index < -0.39 is 23.0 Å². The Morgan fingerprint density at radius 3 is 2.57 bits per heavy atom. The lowest BCUT2D eigenvalue weighted by Crippen LogP contribution is -2.45. The third-order valence-corrected chi connectivity index (χ3v) is 14.8. The molecule has 4 aliphatic heterocycles. The standard InChI is InChI=1S/C41H39Cl2F2N5O3S/c1-39(2,3)53-38(52)48-17-19-15-24(48)32(19)49-25(34-27-28-35(40(27,28)4)50(34)37(51)41(45)11-12-41)16-22-33(49)21-14-18(8-7-13-46)26(20-9-6-10-23(42)29(20)43)30(44)31(21)47-36(22)54-5/h6,9-10,14,16,19,24,27-28,32,34-35H,7-8,11-12,15,17H2,1-5H3/t19-,24-,27?,28-,32+,34+,35+,40-/m1/s1. The molecule has 1 unspecified atom stereocenters. The van der Waals surface area contributed by atoms with Crippen molar-refractivity contribution in [2.24, 2.45) is 23.2 Å². The molecular weight excluding hydrogens is 751 g/mol. The molecular formula is C41H39Cl2F2N5O3S. The Balaban J connectivity index is 1.23. The molecule has 0 spiro atoms. The van der Waals surface area contributed by atoms with E-state index in [9.17, 15) is 14.9 Å². The van der Waals surface area contributed by atoms with Crippen LogP contribution in [0.1, 0.15) is 76.7 Å². The van der Waals surface area contributed by atoms with E-state index in [1.807, 2.05) is 42.9 Å². The predicted molar refractivity (Wildman–Crippen MR) is 204 cm³/mol. The number of aryl methyl sites for hydroxylation is 1. The first-order valence-electron chi connectivity index (χ1n) is 18.7. The highest BCUT2D eigenvalue weighted by atomic mass is 35.5. The number of pyridine rings is 1. The fourth-order valence-electron chi connectivity index (χ4n) is 10.6. The number of halogens is 4. The zero-order valence-electron chi connectivity index (χ0n) is 30.6. The molecule has 54 heavy (non-hydrogen) atoms. The molecule has 8 atom stereocenters. The van der Waals surface area contributed by atoms with E-state index in [1.165, 1.54) is 11.8 Å². The Bertz CT molecular complexity index is 2420. The van der Waals surface area contributed by atoms with Crippen molar-refractivity contribution in [3.63, 3.8) is 0 Å². The average molecular weight is 791 g/mol. The van der Waals surface area contributed by atoms with Gasteiger partial charge in [0.2, 0.25) is 0 Å². The number of nitrogens with zero attached hydrogens (tertiary/aromatic N) is 5. The van der Waals surface area contributed by atoms with Gasteiger partial charge < -0.3 is 19.1 Å². The molecule has 4 saturated heterocycles. The third-order valence-electron chi connectivity index (χ3n) is 13.3. The maximum absolute atomic E-state index is 17.4. The summed E-state index contributed by atoms with van der Waals surface area (Å²) in [6.45, 7) is 8.27. The Kier molecular flexibility index (Phi) is 7.27. The van der Waals surface area contributed by atoms with Gasteiger partial charge in [0.05, 0.1) is 39.8 Å². The van der Waals surface area contributed by atoms with E-state index in [2.05, 4.69) is 23.6 Å². The highest BCUT2D eigenvalue weighted by Gasteiger charge is 2.94. The summed E-state index contributed by atoms with van der Waals surface area (Å²) in [7, 11) is 0. The van der Waals surface area contributed by atoms with Gasteiger partial charge in [-0.3, -0.25) is 4.79 Å². The van der Waals surface area contributed by atoms with E-state index >= 15 is 8.78 Å². The van der Waals surface area contributed by atoms with Crippen molar-refractivity contribution < 1.29 is 23.1 Å². The van der Waals surface area contributed by atoms with Gasteiger partial charge in [0.15, 0.2) is 11.5 Å². The zero-order chi connectivity index (χ0) is 38.0. The van der Waals surface area contributed by atoms with Crippen molar-refractivity contribution >= 4 is 68.8 Å². The minimum absolute atomic E-state index is 0.00554. The van der Waals surface area contributed by atoms with Crippen molar-refractivity contribution in [1.29, 1.82) is 5.26 Å². The molecule has 2 amide bonds. The topological polar surface area (TPSA) is 91.5 Å². The monoisotopic (exact) mass is 789 g/mol. The maximum atomic E-state index is 17.4. The SMILES string of the molecule is CSc1nc2c(F)c(-c3cccc(Cl)c3Cl)c(CCC#N)cc2c2c1cc([C@H]1C3[C@@H]4[C@H](N1C(=O)C1(F)CC1)[C@]34C)n2[C@H]1[C@@H]2C[C@H]1N(C(=O)OC(C)(C)C)C2. The number of fused-ring (bicyclic) bond motifs is 5. The quantitative estimate of drug-likeness (QED) is 0.173. The number of thioether (sulfide) groups is 1. The molecule has 4 aromatic rings. The second-order valence-corrected chi connectivity index (χ2v) is 19.0. The Labute approximate surface area is 326 Å². The van der Waals surface area contributed by atoms with Crippen molar-refractivity contribution in [2.75, 3.05) is 12.8 Å². The number of aromatic nitrogens is 2. The smallest absolute Gasteiger partial charge is 0.410 e. The Morgan fingerprint density at radius 2 is 1.91 bits per heavy atom. The molecule has 4 saturated carbocycles. The summed E-state index contributed by atoms with van der Waals surface area (Å²) >= 11 is 14.6. The molecule has 8 nitrogen and oxygen atoms in total. The number of hydrogen-bond donors (Lipinski definition) is 0. The molecule has 8 fully saturated rings. The van der Waals surface area contributed by atoms with Gasteiger partial charge in [-0.2, -0.15) is 5.26 Å². The lowest BCUT2D eigenvalue weighted by atomic mass is 9.79. The van der Waals surface area contributed by atoms with E-state index in [1.54, 1.807) is 18.2 Å². The first kappa shape index (κ1) is 34.9. The van der Waals surface area contributed by atoms with Gasteiger partial charge in [0, 0.05) is 52.5 Å². The maximum Gasteiger partial charge on any atom is 0.410 e. The van der Waals surface area contributed by atoms with Gasteiger partial charge in [0.1, 0.15) is 16.1 Å².